The number of nitrogens with one attached hydrogen (secondary N) is 1. The van der Waals surface area contributed by atoms with Crippen LogP contribution in [-0.2, 0) is 15.3 Å². The van der Waals surface area contributed by atoms with Gasteiger partial charge < -0.3 is 15.0 Å². The molecule has 1 atom stereocenters. The van der Waals surface area contributed by atoms with Gasteiger partial charge in [0.2, 0.25) is 0 Å². The molecule has 33 heavy (non-hydrogen) atoms. The van der Waals surface area contributed by atoms with E-state index in [0.717, 1.165) is 6.34 Å². The molecule has 0 aliphatic carbocycles. The number of carbonyl (C=O) groups is 1. The third kappa shape index (κ3) is 6.51. The van der Waals surface area contributed by atoms with Crippen molar-refractivity contribution in [1.82, 2.24) is 5.32 Å². The van der Waals surface area contributed by atoms with E-state index >= 15 is 0 Å². The monoisotopic (exact) mass is 613 g/mol. The summed E-state index contributed by atoms with van der Waals surface area (Å²) in [5, 5.41) is 10.3. The van der Waals surface area contributed by atoms with E-state index in [1.54, 1.807) is 25.1 Å². The second-order valence-electron chi connectivity index (χ2n) is 7.07. The van der Waals surface area contributed by atoms with Crippen LogP contribution in [0.25, 0.3) is 0 Å². The Labute approximate surface area is 211 Å². The van der Waals surface area contributed by atoms with Gasteiger partial charge in [0.05, 0.1) is 17.7 Å². The maximum absolute atomic E-state index is 13.5. The van der Waals surface area contributed by atoms with Crippen molar-refractivity contribution in [1.29, 1.82) is 0 Å². The van der Waals surface area contributed by atoms with Gasteiger partial charge in [-0.1, -0.05) is 39.6 Å². The first-order valence-corrected chi connectivity index (χ1v) is 11.4. The Morgan fingerprint density at radius 2 is 2.00 bits per heavy atom. The lowest BCUT2D eigenvalue weighted by Crippen LogP contribution is -2.33. The van der Waals surface area contributed by atoms with Gasteiger partial charge in [0, 0.05) is 31.2 Å². The molecule has 0 spiro atoms. The fourth-order valence-electron chi connectivity index (χ4n) is 3.28. The fraction of sp³-hybridized carbons (Fsp3) is 0.286. The lowest BCUT2D eigenvalue weighted by molar-refractivity contribution is -0.186. The lowest BCUT2D eigenvalue weighted by atomic mass is 9.84. The molecule has 1 N–H and O–H groups in total. The van der Waals surface area contributed by atoms with Crippen molar-refractivity contribution < 1.29 is 27.6 Å². The molecular weight excluding hydrogens is 597 g/mol. The second kappa shape index (κ2) is 10.5. The van der Waals surface area contributed by atoms with Crippen LogP contribution in [-0.4, -0.2) is 30.7 Å². The average Bonchev–Trinajstić information content (AvgIpc) is 3.14. The SMILES string of the molecule is CCO/N=C\NC(=O)c1ccc(C2=NOC(CC(F)(F)F)(c3cc(Cl)cc(Cl)c3)C2)cc1I. The molecular formula is C21H17Cl2F3IN3O3. The van der Waals surface area contributed by atoms with Crippen LogP contribution in [0.3, 0.4) is 0 Å². The van der Waals surface area contributed by atoms with E-state index < -0.39 is 24.1 Å². The second-order valence-corrected chi connectivity index (χ2v) is 9.11. The molecule has 0 radical (unpaired) electrons. The number of alkyl halides is 3. The molecule has 2 aromatic rings. The Kier molecular flexibility index (Phi) is 8.12. The summed E-state index contributed by atoms with van der Waals surface area (Å²) >= 11 is 14.0. The molecule has 6 nitrogen and oxygen atoms in total. The molecule has 0 saturated heterocycles. The third-order valence-electron chi connectivity index (χ3n) is 4.66. The minimum absolute atomic E-state index is 0.161. The zero-order valence-electron chi connectivity index (χ0n) is 17.0. The molecule has 1 unspecified atom stereocenters. The summed E-state index contributed by atoms with van der Waals surface area (Å²) in [5.74, 6) is -0.418. The standard InChI is InChI=1S/C21H17Cl2F3IN3O3/c1-2-32-29-11-28-19(31)16-4-3-12(5-17(16)27)18-9-20(33-30-18,10-21(24,25)26)13-6-14(22)8-15(23)7-13/h3-8,11H,2,9-10H2,1H3,(H,28,29,31). The molecule has 1 aliphatic rings. The molecule has 0 aromatic heterocycles. The maximum Gasteiger partial charge on any atom is 0.393 e. The smallest absolute Gasteiger partial charge is 0.393 e. The van der Waals surface area contributed by atoms with Gasteiger partial charge in [-0.15, -0.1) is 0 Å². The van der Waals surface area contributed by atoms with Crippen LogP contribution in [0.1, 0.15) is 41.3 Å². The largest absolute Gasteiger partial charge is 0.395 e. The number of halogens is 6. The van der Waals surface area contributed by atoms with E-state index in [4.69, 9.17) is 32.9 Å². The summed E-state index contributed by atoms with van der Waals surface area (Å²) in [4.78, 5) is 22.5. The Morgan fingerprint density at radius 3 is 2.61 bits per heavy atom. The van der Waals surface area contributed by atoms with E-state index in [-0.39, 0.29) is 22.0 Å². The normalized spacial score (nSPS) is 18.2. The minimum Gasteiger partial charge on any atom is -0.395 e. The number of nitrogens with zero attached hydrogens (tertiary/aromatic N) is 2. The van der Waals surface area contributed by atoms with Crippen LogP contribution in [0, 0.1) is 3.57 Å². The van der Waals surface area contributed by atoms with E-state index in [9.17, 15) is 18.0 Å². The molecule has 1 heterocycles. The maximum atomic E-state index is 13.5. The summed E-state index contributed by atoms with van der Waals surface area (Å²) in [5.41, 5.74) is -0.450. The number of benzene rings is 2. The van der Waals surface area contributed by atoms with Crippen molar-refractivity contribution in [3.63, 3.8) is 0 Å². The molecule has 2 aromatic carbocycles. The summed E-state index contributed by atoms with van der Waals surface area (Å²) in [6.07, 6.45) is -4.84. The Hall–Kier alpha value is -2.05. The van der Waals surface area contributed by atoms with Crippen molar-refractivity contribution >= 4 is 63.8 Å². The average molecular weight is 614 g/mol. The number of hydrogen-bond acceptors (Lipinski definition) is 5. The molecule has 12 heteroatoms. The Bertz CT molecular complexity index is 1090. The highest BCUT2D eigenvalue weighted by Gasteiger charge is 2.50. The van der Waals surface area contributed by atoms with Crippen molar-refractivity contribution in [3.8, 4) is 0 Å². The summed E-state index contributed by atoms with van der Waals surface area (Å²) in [6, 6.07) is 8.98. The minimum atomic E-state index is -4.53. The van der Waals surface area contributed by atoms with Crippen molar-refractivity contribution in [2.24, 2.45) is 10.3 Å². The number of amides is 1. The molecule has 1 aliphatic heterocycles. The van der Waals surface area contributed by atoms with Gasteiger partial charge in [0.1, 0.15) is 12.9 Å². The van der Waals surface area contributed by atoms with Crippen LogP contribution in [0.5, 0.6) is 0 Å². The molecule has 0 bridgehead atoms. The van der Waals surface area contributed by atoms with Gasteiger partial charge in [-0.3, -0.25) is 4.79 Å². The first kappa shape index (κ1) is 25.6. The van der Waals surface area contributed by atoms with Crippen LogP contribution in [0.2, 0.25) is 10.0 Å². The fourth-order valence-corrected chi connectivity index (χ4v) is 4.56. The first-order valence-electron chi connectivity index (χ1n) is 9.56. The highest BCUT2D eigenvalue weighted by atomic mass is 127. The van der Waals surface area contributed by atoms with Gasteiger partial charge in [0.15, 0.2) is 5.60 Å². The topological polar surface area (TPSA) is 72.3 Å². The summed E-state index contributed by atoms with van der Waals surface area (Å²) in [7, 11) is 0. The molecule has 176 valence electrons. The zero-order chi connectivity index (χ0) is 24.2. The van der Waals surface area contributed by atoms with Gasteiger partial charge in [-0.05, 0) is 59.8 Å². The predicted octanol–water partition coefficient (Wildman–Crippen LogP) is 6.28. The molecule has 3 rings (SSSR count). The van der Waals surface area contributed by atoms with Crippen LogP contribution < -0.4 is 5.32 Å². The van der Waals surface area contributed by atoms with Crippen LogP contribution in [0.4, 0.5) is 13.2 Å². The first-order chi connectivity index (χ1) is 15.5. The summed E-state index contributed by atoms with van der Waals surface area (Å²) in [6.45, 7) is 2.11. The van der Waals surface area contributed by atoms with Crippen molar-refractivity contribution in [2.75, 3.05) is 6.61 Å². The van der Waals surface area contributed by atoms with E-state index in [0.29, 0.717) is 27.0 Å². The Balaban J connectivity index is 1.86. The number of carbonyl (C=O) groups excluding carboxylic acids is 1. The van der Waals surface area contributed by atoms with Crippen LogP contribution in [0.15, 0.2) is 46.7 Å². The highest BCUT2D eigenvalue weighted by molar-refractivity contribution is 14.1. The third-order valence-corrected chi connectivity index (χ3v) is 5.99. The van der Waals surface area contributed by atoms with Crippen molar-refractivity contribution in [3.05, 3.63) is 66.7 Å². The van der Waals surface area contributed by atoms with Crippen molar-refractivity contribution in [2.45, 2.75) is 31.5 Å². The van der Waals surface area contributed by atoms with Gasteiger partial charge in [-0.2, -0.15) is 13.2 Å². The van der Waals surface area contributed by atoms with Gasteiger partial charge in [-0.25, -0.2) is 0 Å². The molecule has 1 amide bonds. The number of hydrogen-bond donors (Lipinski definition) is 1. The van der Waals surface area contributed by atoms with Crippen LogP contribution >= 0.6 is 45.8 Å². The number of rotatable bonds is 7. The molecule has 0 fully saturated rings. The van der Waals surface area contributed by atoms with E-state index in [2.05, 4.69) is 15.6 Å². The van der Waals surface area contributed by atoms with E-state index in [1.165, 1.54) is 18.2 Å². The number of oxime groups is 2. The van der Waals surface area contributed by atoms with E-state index in [1.807, 2.05) is 22.6 Å². The molecule has 0 saturated carbocycles. The zero-order valence-corrected chi connectivity index (χ0v) is 20.7. The quantitative estimate of drug-likeness (QED) is 0.173. The Morgan fingerprint density at radius 1 is 1.30 bits per heavy atom. The predicted molar refractivity (Wildman–Crippen MR) is 128 cm³/mol. The van der Waals surface area contributed by atoms with Gasteiger partial charge >= 0.3 is 6.18 Å². The van der Waals surface area contributed by atoms with Gasteiger partial charge in [0.25, 0.3) is 5.91 Å². The highest BCUT2D eigenvalue weighted by Crippen LogP contribution is 2.45. The summed E-state index contributed by atoms with van der Waals surface area (Å²) < 4.78 is 41.0. The lowest BCUT2D eigenvalue weighted by Gasteiger charge is -2.28.